The maximum Gasteiger partial charge on any atom is 0.183 e. The van der Waals surface area contributed by atoms with Gasteiger partial charge in [-0.05, 0) is 31.4 Å². The van der Waals surface area contributed by atoms with Crippen LogP contribution in [-0.2, 0) is 14.6 Å². The Labute approximate surface area is 113 Å². The van der Waals surface area contributed by atoms with Crippen LogP contribution in [0.2, 0.25) is 0 Å². The average Bonchev–Trinajstić information content (AvgIpc) is 2.39. The largest absolute Gasteiger partial charge is 0.497 e. The lowest BCUT2D eigenvalue weighted by molar-refractivity contribution is 0.0305. The molecule has 0 aromatic heterocycles. The van der Waals surface area contributed by atoms with Gasteiger partial charge in [-0.25, -0.2) is 8.42 Å². The van der Waals surface area contributed by atoms with Gasteiger partial charge in [0.25, 0.3) is 0 Å². The van der Waals surface area contributed by atoms with E-state index in [0.29, 0.717) is 12.4 Å². The molecule has 0 spiro atoms. The summed E-state index contributed by atoms with van der Waals surface area (Å²) in [5, 5.41) is 0. The van der Waals surface area contributed by atoms with Gasteiger partial charge in [-0.15, -0.1) is 0 Å². The molecule has 0 radical (unpaired) electrons. The first-order chi connectivity index (χ1) is 9.03. The van der Waals surface area contributed by atoms with Crippen LogP contribution in [0.15, 0.2) is 23.1 Å². The summed E-state index contributed by atoms with van der Waals surface area (Å²) < 4.78 is 35.3. The number of ether oxygens (including phenoxy) is 2. The van der Waals surface area contributed by atoms with Gasteiger partial charge in [0.1, 0.15) is 5.75 Å². The Hall–Kier alpha value is -1.27. The van der Waals surface area contributed by atoms with Gasteiger partial charge in [-0.2, -0.15) is 0 Å². The molecular formula is C13H19NO4S. The second-order valence-electron chi connectivity index (χ2n) is 4.67. The van der Waals surface area contributed by atoms with Crippen molar-refractivity contribution in [3.63, 3.8) is 0 Å². The van der Waals surface area contributed by atoms with Crippen LogP contribution in [0, 0.1) is 0 Å². The van der Waals surface area contributed by atoms with E-state index in [1.165, 1.54) is 13.2 Å². The Bertz CT molecular complexity index is 536. The number of methoxy groups -OCH3 is 1. The normalized spacial score (nSPS) is 20.2. The third-order valence-electron chi connectivity index (χ3n) is 3.24. The predicted octanol–water partition coefficient (Wildman–Crippen LogP) is 1.62. The lowest BCUT2D eigenvalue weighted by atomic mass is 10.1. The van der Waals surface area contributed by atoms with Crippen molar-refractivity contribution < 1.29 is 17.9 Å². The monoisotopic (exact) mass is 285 g/mol. The van der Waals surface area contributed by atoms with Gasteiger partial charge >= 0.3 is 0 Å². The van der Waals surface area contributed by atoms with Gasteiger partial charge in [0.15, 0.2) is 9.84 Å². The summed E-state index contributed by atoms with van der Waals surface area (Å²) in [4.78, 5) is 0.126. The van der Waals surface area contributed by atoms with Crippen LogP contribution in [0.3, 0.4) is 0 Å². The lowest BCUT2D eigenvalue weighted by Gasteiger charge is -2.22. The van der Waals surface area contributed by atoms with Crippen LogP contribution in [0.4, 0.5) is 5.69 Å². The highest BCUT2D eigenvalue weighted by Gasteiger charge is 2.25. The topological polar surface area (TPSA) is 78.6 Å². The zero-order chi connectivity index (χ0) is 13.9. The van der Waals surface area contributed by atoms with E-state index in [4.69, 9.17) is 15.2 Å². The Morgan fingerprint density at radius 1 is 1.42 bits per heavy atom. The summed E-state index contributed by atoms with van der Waals surface area (Å²) in [6.07, 6.45) is 2.55. The Morgan fingerprint density at radius 2 is 2.21 bits per heavy atom. The van der Waals surface area contributed by atoms with Gasteiger partial charge in [-0.3, -0.25) is 0 Å². The first-order valence-electron chi connectivity index (χ1n) is 6.31. The predicted molar refractivity (Wildman–Crippen MR) is 73.1 cm³/mol. The van der Waals surface area contributed by atoms with Crippen LogP contribution in [-0.4, -0.2) is 34.0 Å². The number of benzene rings is 1. The van der Waals surface area contributed by atoms with Crippen molar-refractivity contribution in [2.45, 2.75) is 30.3 Å². The molecule has 0 saturated carbocycles. The molecular weight excluding hydrogens is 266 g/mol. The van der Waals surface area contributed by atoms with E-state index in [9.17, 15) is 8.42 Å². The summed E-state index contributed by atoms with van der Waals surface area (Å²) >= 11 is 0. The number of sulfone groups is 1. The molecule has 1 atom stereocenters. The minimum atomic E-state index is -3.45. The van der Waals surface area contributed by atoms with Gasteiger partial charge in [-0.1, -0.05) is 0 Å². The van der Waals surface area contributed by atoms with Crippen molar-refractivity contribution in [3.05, 3.63) is 18.2 Å². The molecule has 1 saturated heterocycles. The quantitative estimate of drug-likeness (QED) is 0.850. The smallest absolute Gasteiger partial charge is 0.183 e. The molecule has 1 fully saturated rings. The summed E-state index contributed by atoms with van der Waals surface area (Å²) in [7, 11) is -1.96. The van der Waals surface area contributed by atoms with Crippen LogP contribution in [0.1, 0.15) is 19.3 Å². The highest BCUT2D eigenvalue weighted by atomic mass is 32.2. The summed E-state index contributed by atoms with van der Waals surface area (Å²) in [6, 6.07) is 4.66. The molecule has 1 aliphatic rings. The first kappa shape index (κ1) is 14.1. The van der Waals surface area contributed by atoms with Crippen LogP contribution < -0.4 is 10.5 Å². The third-order valence-corrected chi connectivity index (χ3v) is 5.07. The highest BCUT2D eigenvalue weighted by molar-refractivity contribution is 7.91. The maximum absolute atomic E-state index is 12.4. The van der Waals surface area contributed by atoms with E-state index in [1.54, 1.807) is 12.1 Å². The molecule has 1 unspecified atom stereocenters. The average molecular weight is 285 g/mol. The number of rotatable bonds is 4. The number of hydrogen-bond donors (Lipinski definition) is 1. The zero-order valence-corrected chi connectivity index (χ0v) is 11.8. The molecule has 2 rings (SSSR count). The number of hydrogen-bond acceptors (Lipinski definition) is 5. The summed E-state index contributed by atoms with van der Waals surface area (Å²) in [5.41, 5.74) is 6.01. The van der Waals surface area contributed by atoms with Crippen molar-refractivity contribution >= 4 is 15.5 Å². The van der Waals surface area contributed by atoms with E-state index in [-0.39, 0.29) is 22.4 Å². The van der Waals surface area contributed by atoms with Gasteiger partial charge < -0.3 is 15.2 Å². The number of nitrogens with two attached hydrogens (primary N) is 1. The molecule has 0 aliphatic carbocycles. The fraction of sp³-hybridized carbons (Fsp3) is 0.538. The molecule has 0 bridgehead atoms. The molecule has 1 aromatic carbocycles. The summed E-state index contributed by atoms with van der Waals surface area (Å²) in [6.45, 7) is 0.633. The zero-order valence-electron chi connectivity index (χ0n) is 11.0. The Morgan fingerprint density at radius 3 is 2.84 bits per heavy atom. The number of anilines is 1. The molecule has 6 heteroatoms. The van der Waals surface area contributed by atoms with Gasteiger partial charge in [0.2, 0.25) is 0 Å². The third kappa shape index (κ3) is 3.39. The maximum atomic E-state index is 12.4. The van der Waals surface area contributed by atoms with Crippen LogP contribution >= 0.6 is 0 Å². The van der Waals surface area contributed by atoms with Crippen molar-refractivity contribution in [3.8, 4) is 5.75 Å². The highest BCUT2D eigenvalue weighted by Crippen LogP contribution is 2.27. The van der Waals surface area contributed by atoms with Crippen molar-refractivity contribution in [1.82, 2.24) is 0 Å². The second-order valence-corrected chi connectivity index (χ2v) is 6.68. The van der Waals surface area contributed by atoms with E-state index < -0.39 is 9.84 Å². The molecule has 19 heavy (non-hydrogen) atoms. The molecule has 0 amide bonds. The van der Waals surface area contributed by atoms with Crippen molar-refractivity contribution in [2.24, 2.45) is 0 Å². The van der Waals surface area contributed by atoms with Crippen LogP contribution in [0.25, 0.3) is 0 Å². The fourth-order valence-corrected chi connectivity index (χ4v) is 3.84. The van der Waals surface area contributed by atoms with E-state index in [1.807, 2.05) is 0 Å². The van der Waals surface area contributed by atoms with E-state index in [0.717, 1.165) is 19.3 Å². The molecule has 1 heterocycles. The minimum absolute atomic E-state index is 0.0234. The van der Waals surface area contributed by atoms with Gasteiger partial charge in [0, 0.05) is 12.7 Å². The number of nitrogen functional groups attached to an aromatic ring is 1. The molecule has 1 aromatic rings. The standard InChI is InChI=1S/C13H19NO4S/c1-17-10-5-6-12(14)13(8-10)19(15,16)9-11-4-2-3-7-18-11/h5-6,8,11H,2-4,7,9,14H2,1H3. The minimum Gasteiger partial charge on any atom is -0.497 e. The lowest BCUT2D eigenvalue weighted by Crippen LogP contribution is -2.28. The summed E-state index contributed by atoms with van der Waals surface area (Å²) in [5.74, 6) is 0.460. The van der Waals surface area contributed by atoms with Crippen molar-refractivity contribution in [2.75, 3.05) is 25.2 Å². The first-order valence-corrected chi connectivity index (χ1v) is 7.96. The Balaban J connectivity index is 2.23. The molecule has 5 nitrogen and oxygen atoms in total. The SMILES string of the molecule is COc1ccc(N)c(S(=O)(=O)CC2CCCCO2)c1. The van der Waals surface area contributed by atoms with Crippen LogP contribution in [0.5, 0.6) is 5.75 Å². The van der Waals surface area contributed by atoms with Gasteiger partial charge in [0.05, 0.1) is 29.5 Å². The van der Waals surface area contributed by atoms with Crippen molar-refractivity contribution in [1.29, 1.82) is 0 Å². The second kappa shape index (κ2) is 5.79. The fourth-order valence-electron chi connectivity index (χ4n) is 2.18. The van der Waals surface area contributed by atoms with E-state index >= 15 is 0 Å². The van der Waals surface area contributed by atoms with E-state index in [2.05, 4.69) is 0 Å². The molecule has 106 valence electrons. The molecule has 2 N–H and O–H groups in total. The molecule has 1 aliphatic heterocycles. The Kier molecular flexibility index (Phi) is 4.31.